The molecule has 3 nitrogen and oxygen atoms in total. The van der Waals surface area contributed by atoms with Gasteiger partial charge < -0.3 is 4.42 Å². The molecule has 3 aromatic rings. The first kappa shape index (κ1) is 12.7. The zero-order chi connectivity index (χ0) is 14.4. The molecule has 0 saturated heterocycles. The molecule has 0 fully saturated rings. The second-order valence-electron chi connectivity index (χ2n) is 5.51. The van der Waals surface area contributed by atoms with Gasteiger partial charge in [-0.2, -0.15) is 0 Å². The maximum absolute atomic E-state index is 11.2. The highest BCUT2D eigenvalue weighted by molar-refractivity contribution is 6.22. The summed E-state index contributed by atoms with van der Waals surface area (Å²) in [5.74, 6) is -0.439. The van der Waals surface area contributed by atoms with Crippen LogP contribution >= 0.6 is 11.6 Å². The van der Waals surface area contributed by atoms with Crippen LogP contribution in [0.2, 0.25) is 0 Å². The summed E-state index contributed by atoms with van der Waals surface area (Å²) < 4.78 is 5.10. The summed E-state index contributed by atoms with van der Waals surface area (Å²) in [6, 6.07) is 12.1. The Morgan fingerprint density at radius 1 is 1.05 bits per heavy atom. The number of aromatic nitrogens is 1. The van der Waals surface area contributed by atoms with Gasteiger partial charge in [0.1, 0.15) is 0 Å². The van der Waals surface area contributed by atoms with E-state index < -0.39 is 5.76 Å². The number of hydrogen-bond donors (Lipinski definition) is 1. The van der Waals surface area contributed by atoms with Crippen molar-refractivity contribution in [2.45, 2.75) is 24.6 Å². The maximum Gasteiger partial charge on any atom is 0.417 e. The fraction of sp³-hybridized carbons (Fsp3) is 0.235. The molecule has 4 rings (SSSR count). The third kappa shape index (κ3) is 2.18. The number of aryl methyl sites for hydroxylation is 2. The van der Waals surface area contributed by atoms with Crippen LogP contribution in [0.5, 0.6) is 0 Å². The Labute approximate surface area is 126 Å². The number of rotatable bonds is 2. The lowest BCUT2D eigenvalue weighted by Gasteiger charge is -2.12. The van der Waals surface area contributed by atoms with E-state index in [-0.39, 0.29) is 5.38 Å². The van der Waals surface area contributed by atoms with Crippen molar-refractivity contribution in [3.8, 4) is 0 Å². The van der Waals surface area contributed by atoms with Crippen molar-refractivity contribution in [1.29, 1.82) is 0 Å². The molecule has 0 aliphatic heterocycles. The molecule has 0 bridgehead atoms. The molecule has 0 spiro atoms. The van der Waals surface area contributed by atoms with E-state index in [2.05, 4.69) is 23.2 Å². The molecule has 4 heteroatoms. The van der Waals surface area contributed by atoms with E-state index in [4.69, 9.17) is 16.0 Å². The standard InChI is InChI=1S/C17H14ClNO2/c18-16(12-5-4-10-2-1-3-11(10)8-12)13-6-7-14-15(9-13)21-17(20)19-14/h4-9,16H,1-3H2,(H,19,20). The van der Waals surface area contributed by atoms with E-state index in [1.54, 1.807) is 0 Å². The van der Waals surface area contributed by atoms with Crippen molar-refractivity contribution in [1.82, 2.24) is 4.98 Å². The molecule has 106 valence electrons. The van der Waals surface area contributed by atoms with Crippen LogP contribution in [-0.4, -0.2) is 4.98 Å². The molecule has 2 aromatic carbocycles. The minimum Gasteiger partial charge on any atom is -0.408 e. The van der Waals surface area contributed by atoms with Crippen LogP contribution in [0.15, 0.2) is 45.6 Å². The summed E-state index contributed by atoms with van der Waals surface area (Å²) in [5.41, 5.74) is 6.12. The number of fused-ring (bicyclic) bond motifs is 2. The Kier molecular flexibility index (Phi) is 2.89. The van der Waals surface area contributed by atoms with Crippen molar-refractivity contribution in [3.05, 3.63) is 69.2 Å². The third-order valence-electron chi connectivity index (χ3n) is 4.15. The van der Waals surface area contributed by atoms with E-state index >= 15 is 0 Å². The van der Waals surface area contributed by atoms with Crippen molar-refractivity contribution in [3.63, 3.8) is 0 Å². The fourth-order valence-electron chi connectivity index (χ4n) is 3.06. The van der Waals surface area contributed by atoms with Crippen molar-refractivity contribution < 1.29 is 4.42 Å². The summed E-state index contributed by atoms with van der Waals surface area (Å²) in [6.45, 7) is 0. The summed E-state index contributed by atoms with van der Waals surface area (Å²) in [6.07, 6.45) is 3.54. The number of H-pyrrole nitrogens is 1. The molecule has 1 N–H and O–H groups in total. The normalized spacial score (nSPS) is 15.3. The van der Waals surface area contributed by atoms with Gasteiger partial charge >= 0.3 is 5.76 Å². The second-order valence-corrected chi connectivity index (χ2v) is 5.95. The SMILES string of the molecule is O=c1[nH]c2ccc(C(Cl)c3ccc4c(c3)CCC4)cc2o1. The molecule has 0 amide bonds. The minimum absolute atomic E-state index is 0.236. The van der Waals surface area contributed by atoms with E-state index in [0.29, 0.717) is 11.1 Å². The second kappa shape index (κ2) is 4.78. The number of oxazole rings is 1. The Morgan fingerprint density at radius 3 is 2.71 bits per heavy atom. The number of nitrogens with one attached hydrogen (secondary N) is 1. The van der Waals surface area contributed by atoms with Crippen LogP contribution in [-0.2, 0) is 12.8 Å². The third-order valence-corrected chi connectivity index (χ3v) is 4.66. The van der Waals surface area contributed by atoms with Crippen LogP contribution in [0.3, 0.4) is 0 Å². The van der Waals surface area contributed by atoms with Gasteiger partial charge in [0, 0.05) is 0 Å². The molecule has 1 aliphatic rings. The highest BCUT2D eigenvalue weighted by atomic mass is 35.5. The van der Waals surface area contributed by atoms with Gasteiger partial charge in [-0.3, -0.25) is 4.98 Å². The van der Waals surface area contributed by atoms with Gasteiger partial charge in [-0.05, 0) is 53.6 Å². The zero-order valence-electron chi connectivity index (χ0n) is 11.4. The number of alkyl halides is 1. The summed E-state index contributed by atoms with van der Waals surface area (Å²) in [4.78, 5) is 13.8. The molecule has 1 aromatic heterocycles. The topological polar surface area (TPSA) is 46.0 Å². The largest absolute Gasteiger partial charge is 0.417 e. The van der Waals surface area contributed by atoms with E-state index in [1.807, 2.05) is 18.2 Å². The van der Waals surface area contributed by atoms with Crippen molar-refractivity contribution >= 4 is 22.7 Å². The van der Waals surface area contributed by atoms with Gasteiger partial charge in [0.25, 0.3) is 0 Å². The zero-order valence-corrected chi connectivity index (χ0v) is 12.1. The Hall–Kier alpha value is -2.00. The smallest absolute Gasteiger partial charge is 0.408 e. The Balaban J connectivity index is 1.75. The molecular weight excluding hydrogens is 286 g/mol. The van der Waals surface area contributed by atoms with Gasteiger partial charge in [0.15, 0.2) is 5.58 Å². The van der Waals surface area contributed by atoms with Crippen LogP contribution in [0, 0.1) is 0 Å². The predicted octanol–water partition coefficient (Wildman–Crippen LogP) is 3.94. The van der Waals surface area contributed by atoms with Gasteiger partial charge in [-0.1, -0.05) is 24.3 Å². The number of halogens is 1. The maximum atomic E-state index is 11.2. The van der Waals surface area contributed by atoms with Crippen LogP contribution in [0.4, 0.5) is 0 Å². The Morgan fingerprint density at radius 2 is 1.81 bits per heavy atom. The lowest BCUT2D eigenvalue weighted by Crippen LogP contribution is -1.95. The molecule has 0 saturated carbocycles. The first-order valence-corrected chi connectivity index (χ1v) is 7.53. The van der Waals surface area contributed by atoms with Crippen molar-refractivity contribution in [2.24, 2.45) is 0 Å². The molecule has 1 heterocycles. The van der Waals surface area contributed by atoms with Gasteiger partial charge in [-0.15, -0.1) is 11.6 Å². The first-order chi connectivity index (χ1) is 10.2. The molecule has 0 radical (unpaired) electrons. The average Bonchev–Trinajstić information content (AvgIpc) is 3.09. The van der Waals surface area contributed by atoms with Gasteiger partial charge in [0.05, 0.1) is 10.9 Å². The number of hydrogen-bond acceptors (Lipinski definition) is 2. The molecular formula is C17H14ClNO2. The molecule has 21 heavy (non-hydrogen) atoms. The fourth-order valence-corrected chi connectivity index (χ4v) is 3.33. The molecule has 1 unspecified atom stereocenters. The Bertz CT molecular complexity index is 878. The highest BCUT2D eigenvalue weighted by Crippen LogP contribution is 2.33. The molecule has 1 atom stereocenters. The number of aromatic amines is 1. The van der Waals surface area contributed by atoms with E-state index in [0.717, 1.165) is 17.5 Å². The minimum atomic E-state index is -0.439. The highest BCUT2D eigenvalue weighted by Gasteiger charge is 2.16. The quantitative estimate of drug-likeness (QED) is 0.729. The monoisotopic (exact) mass is 299 g/mol. The van der Waals surface area contributed by atoms with E-state index in [1.165, 1.54) is 24.0 Å². The van der Waals surface area contributed by atoms with Crippen LogP contribution in [0.1, 0.15) is 34.1 Å². The summed E-state index contributed by atoms with van der Waals surface area (Å²) in [5, 5.41) is -0.236. The lowest BCUT2D eigenvalue weighted by molar-refractivity contribution is 0.555. The summed E-state index contributed by atoms with van der Waals surface area (Å²) >= 11 is 6.61. The van der Waals surface area contributed by atoms with Gasteiger partial charge in [0.2, 0.25) is 0 Å². The lowest BCUT2D eigenvalue weighted by atomic mass is 10.00. The number of benzene rings is 2. The molecule has 1 aliphatic carbocycles. The average molecular weight is 300 g/mol. The summed E-state index contributed by atoms with van der Waals surface area (Å²) in [7, 11) is 0. The van der Waals surface area contributed by atoms with Crippen molar-refractivity contribution in [2.75, 3.05) is 0 Å². The predicted molar refractivity (Wildman–Crippen MR) is 83.0 cm³/mol. The first-order valence-electron chi connectivity index (χ1n) is 7.09. The van der Waals surface area contributed by atoms with Crippen LogP contribution < -0.4 is 5.76 Å². The van der Waals surface area contributed by atoms with Gasteiger partial charge in [-0.25, -0.2) is 4.79 Å². The van der Waals surface area contributed by atoms with Crippen LogP contribution in [0.25, 0.3) is 11.1 Å². The van der Waals surface area contributed by atoms with E-state index in [9.17, 15) is 4.79 Å².